The van der Waals surface area contributed by atoms with Crippen LogP contribution in [0, 0.1) is 20.8 Å². The zero-order valence-electron chi connectivity index (χ0n) is 15.5. The number of aromatic nitrogens is 4. The summed E-state index contributed by atoms with van der Waals surface area (Å²) in [4.78, 5) is 16.9. The fourth-order valence-corrected chi connectivity index (χ4v) is 2.95. The molecule has 1 saturated carbocycles. The van der Waals surface area contributed by atoms with E-state index in [0.29, 0.717) is 42.8 Å². The highest BCUT2D eigenvalue weighted by Crippen LogP contribution is 2.38. The molecule has 142 valence electrons. The van der Waals surface area contributed by atoms with Gasteiger partial charge in [0.2, 0.25) is 5.89 Å². The highest BCUT2D eigenvalue weighted by atomic mass is 16.5. The largest absolute Gasteiger partial charge is 0.361 e. The van der Waals surface area contributed by atoms with Gasteiger partial charge in [-0.1, -0.05) is 15.5 Å². The molecule has 4 rings (SSSR count). The lowest BCUT2D eigenvalue weighted by Gasteiger charge is -2.04. The molecule has 1 aliphatic rings. The van der Waals surface area contributed by atoms with Crippen molar-refractivity contribution in [3.63, 3.8) is 0 Å². The standard InChI is InChI=1S/C18H21N5O4/c1-9-13(10(2)25-21-9)8-14-11(3)26-23-16(14)17(24)19-7-6-15-20-18(27-22-15)12-4-5-12/h12H,4-8H2,1-3H3,(H,19,24). The topological polar surface area (TPSA) is 120 Å². The summed E-state index contributed by atoms with van der Waals surface area (Å²) in [6.45, 7) is 5.89. The van der Waals surface area contributed by atoms with Gasteiger partial charge in [0.05, 0.1) is 5.69 Å². The molecule has 0 aliphatic heterocycles. The number of hydrogen-bond acceptors (Lipinski definition) is 8. The summed E-state index contributed by atoms with van der Waals surface area (Å²) in [5.74, 6) is 2.76. The van der Waals surface area contributed by atoms with Crippen molar-refractivity contribution in [3.05, 3.63) is 45.8 Å². The van der Waals surface area contributed by atoms with Crippen LogP contribution in [0.3, 0.4) is 0 Å². The van der Waals surface area contributed by atoms with Gasteiger partial charge in [-0.05, 0) is 33.6 Å². The second-order valence-corrected chi connectivity index (χ2v) is 6.87. The quantitative estimate of drug-likeness (QED) is 0.672. The zero-order chi connectivity index (χ0) is 19.0. The lowest BCUT2D eigenvalue weighted by molar-refractivity contribution is 0.0944. The van der Waals surface area contributed by atoms with Gasteiger partial charge in [-0.3, -0.25) is 4.79 Å². The number of aryl methyl sites for hydroxylation is 3. The van der Waals surface area contributed by atoms with E-state index in [1.165, 1.54) is 0 Å². The molecule has 27 heavy (non-hydrogen) atoms. The molecule has 1 fully saturated rings. The summed E-state index contributed by atoms with van der Waals surface area (Å²) < 4.78 is 15.7. The van der Waals surface area contributed by atoms with Gasteiger partial charge in [0, 0.05) is 36.4 Å². The van der Waals surface area contributed by atoms with Crippen LogP contribution in [0.5, 0.6) is 0 Å². The summed E-state index contributed by atoms with van der Waals surface area (Å²) in [6.07, 6.45) is 3.20. The zero-order valence-corrected chi connectivity index (χ0v) is 15.5. The average Bonchev–Trinajstić information content (AvgIpc) is 3.16. The van der Waals surface area contributed by atoms with Gasteiger partial charge < -0.3 is 18.9 Å². The minimum atomic E-state index is -0.292. The number of carbonyl (C=O) groups is 1. The first kappa shape index (κ1) is 17.4. The van der Waals surface area contributed by atoms with Gasteiger partial charge in [0.15, 0.2) is 11.5 Å². The fourth-order valence-electron chi connectivity index (χ4n) is 2.95. The van der Waals surface area contributed by atoms with E-state index in [-0.39, 0.29) is 11.6 Å². The van der Waals surface area contributed by atoms with E-state index in [0.717, 1.165) is 35.4 Å². The lowest BCUT2D eigenvalue weighted by atomic mass is 10.0. The van der Waals surface area contributed by atoms with Crippen LogP contribution in [0.2, 0.25) is 0 Å². The minimum Gasteiger partial charge on any atom is -0.361 e. The van der Waals surface area contributed by atoms with Crippen molar-refractivity contribution in [1.29, 1.82) is 0 Å². The first-order valence-corrected chi connectivity index (χ1v) is 9.00. The third kappa shape index (κ3) is 3.62. The van der Waals surface area contributed by atoms with Crippen molar-refractivity contribution in [1.82, 2.24) is 25.8 Å². The molecule has 1 N–H and O–H groups in total. The van der Waals surface area contributed by atoms with Gasteiger partial charge >= 0.3 is 0 Å². The summed E-state index contributed by atoms with van der Waals surface area (Å²) in [5, 5.41) is 14.7. The van der Waals surface area contributed by atoms with Gasteiger partial charge in [-0.2, -0.15) is 4.98 Å². The van der Waals surface area contributed by atoms with Crippen LogP contribution in [0.25, 0.3) is 0 Å². The number of nitrogens with zero attached hydrogens (tertiary/aromatic N) is 4. The Morgan fingerprint density at radius 2 is 1.78 bits per heavy atom. The Balaban J connectivity index is 1.39. The van der Waals surface area contributed by atoms with Gasteiger partial charge in [0.25, 0.3) is 5.91 Å². The van der Waals surface area contributed by atoms with Crippen LogP contribution in [0.1, 0.15) is 69.3 Å². The van der Waals surface area contributed by atoms with Gasteiger partial charge in [0.1, 0.15) is 11.5 Å². The Morgan fingerprint density at radius 3 is 2.48 bits per heavy atom. The van der Waals surface area contributed by atoms with E-state index in [9.17, 15) is 4.79 Å². The molecule has 0 radical (unpaired) electrons. The highest BCUT2D eigenvalue weighted by molar-refractivity contribution is 5.93. The van der Waals surface area contributed by atoms with E-state index in [1.807, 2.05) is 13.8 Å². The molecular formula is C18H21N5O4. The smallest absolute Gasteiger partial charge is 0.273 e. The normalized spacial score (nSPS) is 13.9. The molecule has 3 aromatic rings. The molecule has 0 atom stereocenters. The fraction of sp³-hybridized carbons (Fsp3) is 0.500. The van der Waals surface area contributed by atoms with E-state index < -0.39 is 0 Å². The first-order valence-electron chi connectivity index (χ1n) is 9.00. The predicted octanol–water partition coefficient (Wildman–Crippen LogP) is 2.41. The SMILES string of the molecule is Cc1noc(C)c1Cc1c(C(=O)NCCc2noc(C3CC3)n2)noc1C. The Bertz CT molecular complexity index is 947. The summed E-state index contributed by atoms with van der Waals surface area (Å²) in [5.41, 5.74) is 2.74. The van der Waals surface area contributed by atoms with E-state index in [2.05, 4.69) is 25.8 Å². The van der Waals surface area contributed by atoms with Crippen LogP contribution in [-0.2, 0) is 12.8 Å². The molecule has 0 unspecified atom stereocenters. The van der Waals surface area contributed by atoms with Crippen LogP contribution >= 0.6 is 0 Å². The Labute approximate surface area is 155 Å². The third-order valence-corrected chi connectivity index (χ3v) is 4.78. The van der Waals surface area contributed by atoms with Crippen molar-refractivity contribution in [2.45, 2.75) is 52.4 Å². The molecule has 0 spiro atoms. The highest BCUT2D eigenvalue weighted by Gasteiger charge is 2.29. The Kier molecular flexibility index (Phi) is 4.51. The van der Waals surface area contributed by atoms with Crippen LogP contribution in [-0.4, -0.2) is 32.9 Å². The van der Waals surface area contributed by atoms with Crippen LogP contribution in [0.15, 0.2) is 13.6 Å². The number of rotatable bonds is 7. The van der Waals surface area contributed by atoms with Crippen molar-refractivity contribution < 1.29 is 18.4 Å². The van der Waals surface area contributed by atoms with Crippen molar-refractivity contribution in [3.8, 4) is 0 Å². The van der Waals surface area contributed by atoms with Crippen molar-refractivity contribution >= 4 is 5.91 Å². The second kappa shape index (κ2) is 6.98. The second-order valence-electron chi connectivity index (χ2n) is 6.87. The number of amides is 1. The monoisotopic (exact) mass is 371 g/mol. The summed E-state index contributed by atoms with van der Waals surface area (Å²) in [6, 6.07) is 0. The maximum absolute atomic E-state index is 12.6. The Hall–Kier alpha value is -2.97. The maximum atomic E-state index is 12.6. The molecule has 9 heteroatoms. The molecule has 0 bridgehead atoms. The molecule has 3 aromatic heterocycles. The van der Waals surface area contributed by atoms with Crippen LogP contribution < -0.4 is 5.32 Å². The molecule has 0 saturated heterocycles. The molecule has 9 nitrogen and oxygen atoms in total. The van der Waals surface area contributed by atoms with E-state index in [4.69, 9.17) is 13.6 Å². The predicted molar refractivity (Wildman–Crippen MR) is 92.3 cm³/mol. The lowest BCUT2D eigenvalue weighted by Crippen LogP contribution is -2.27. The maximum Gasteiger partial charge on any atom is 0.273 e. The third-order valence-electron chi connectivity index (χ3n) is 4.78. The average molecular weight is 371 g/mol. The van der Waals surface area contributed by atoms with E-state index in [1.54, 1.807) is 6.92 Å². The summed E-state index contributed by atoms with van der Waals surface area (Å²) >= 11 is 0. The molecule has 0 aromatic carbocycles. The van der Waals surface area contributed by atoms with E-state index >= 15 is 0 Å². The first-order chi connectivity index (χ1) is 13.0. The molecular weight excluding hydrogens is 350 g/mol. The van der Waals surface area contributed by atoms with Crippen LogP contribution in [0.4, 0.5) is 0 Å². The van der Waals surface area contributed by atoms with Crippen molar-refractivity contribution in [2.24, 2.45) is 0 Å². The van der Waals surface area contributed by atoms with Crippen molar-refractivity contribution in [2.75, 3.05) is 6.54 Å². The molecule has 3 heterocycles. The molecule has 1 amide bonds. The number of nitrogens with one attached hydrogen (secondary N) is 1. The Morgan fingerprint density at radius 1 is 1.04 bits per heavy atom. The number of hydrogen-bond donors (Lipinski definition) is 1. The minimum absolute atomic E-state index is 0.277. The molecule has 1 aliphatic carbocycles. The summed E-state index contributed by atoms with van der Waals surface area (Å²) in [7, 11) is 0. The number of carbonyl (C=O) groups excluding carboxylic acids is 1. The van der Waals surface area contributed by atoms with Gasteiger partial charge in [-0.25, -0.2) is 0 Å². The van der Waals surface area contributed by atoms with Gasteiger partial charge in [-0.15, -0.1) is 0 Å².